The summed E-state index contributed by atoms with van der Waals surface area (Å²) in [6.07, 6.45) is 6.44. The van der Waals surface area contributed by atoms with Crippen LogP contribution in [0.1, 0.15) is 41.4 Å². The average Bonchev–Trinajstić information content (AvgIpc) is 3.44. The van der Waals surface area contributed by atoms with Crippen molar-refractivity contribution in [3.63, 3.8) is 0 Å². The second-order valence-corrected chi connectivity index (χ2v) is 9.77. The van der Waals surface area contributed by atoms with Crippen LogP contribution in [0.2, 0.25) is 0 Å². The van der Waals surface area contributed by atoms with Crippen molar-refractivity contribution >= 4 is 22.4 Å². The first-order valence-electron chi connectivity index (χ1n) is 12.3. The van der Waals surface area contributed by atoms with E-state index in [1.807, 2.05) is 22.9 Å². The minimum absolute atomic E-state index is 0.0697. The van der Waals surface area contributed by atoms with E-state index in [9.17, 15) is 5.11 Å². The molecule has 6 rings (SSSR count). The summed E-state index contributed by atoms with van der Waals surface area (Å²) in [5, 5.41) is 15.3. The SMILES string of the molecule is Nc1cccc2c1cnn2CC#Cc1cnc(N2CCC3(CC2)Cc2ccccc2[C@H]3N)c(CO)n1. The predicted molar refractivity (Wildman–Crippen MR) is 140 cm³/mol. The molecule has 8 heteroatoms. The molecule has 1 atom stereocenters. The van der Waals surface area contributed by atoms with Crippen molar-refractivity contribution < 1.29 is 5.11 Å². The van der Waals surface area contributed by atoms with Gasteiger partial charge in [-0.2, -0.15) is 5.10 Å². The first kappa shape index (κ1) is 22.5. The highest BCUT2D eigenvalue weighted by molar-refractivity contribution is 5.90. The monoisotopic (exact) mass is 479 g/mol. The summed E-state index contributed by atoms with van der Waals surface area (Å²) in [4.78, 5) is 11.5. The number of piperidine rings is 1. The van der Waals surface area contributed by atoms with Crippen molar-refractivity contribution in [1.29, 1.82) is 0 Å². The number of hydrogen-bond acceptors (Lipinski definition) is 7. The normalized spacial score (nSPS) is 18.3. The molecule has 0 radical (unpaired) electrons. The maximum Gasteiger partial charge on any atom is 0.152 e. The molecule has 4 aromatic rings. The van der Waals surface area contributed by atoms with Crippen molar-refractivity contribution in [3.05, 3.63) is 77.4 Å². The Morgan fingerprint density at radius 3 is 2.72 bits per heavy atom. The van der Waals surface area contributed by atoms with Gasteiger partial charge in [0.25, 0.3) is 0 Å². The number of aliphatic hydroxyl groups excluding tert-OH is 1. The lowest BCUT2D eigenvalue weighted by atomic mass is 9.73. The van der Waals surface area contributed by atoms with Gasteiger partial charge in [0.2, 0.25) is 0 Å². The molecule has 1 saturated heterocycles. The van der Waals surface area contributed by atoms with Gasteiger partial charge in [0.05, 0.1) is 24.5 Å². The second kappa shape index (κ2) is 8.94. The standard InChI is InChI=1S/C28H29N7O/c29-23-8-3-9-25-22(23)17-32-35(25)12-4-6-20-16-31-27(24(18-36)33-20)34-13-10-28(11-14-34)15-19-5-1-2-7-21(19)26(28)30/h1-3,5,7-9,16-17,26,36H,10-15,18,29-30H2/t26-/m1/s1. The van der Waals surface area contributed by atoms with Crippen LogP contribution in [0.25, 0.3) is 10.9 Å². The van der Waals surface area contributed by atoms with E-state index in [-0.39, 0.29) is 18.1 Å². The third-order valence-electron chi connectivity index (χ3n) is 7.79. The topological polar surface area (TPSA) is 119 Å². The first-order valence-corrected chi connectivity index (χ1v) is 12.3. The Labute approximate surface area is 210 Å². The number of benzene rings is 2. The summed E-state index contributed by atoms with van der Waals surface area (Å²) in [6.45, 7) is 1.89. The van der Waals surface area contributed by atoms with Crippen LogP contribution in [0, 0.1) is 17.3 Å². The van der Waals surface area contributed by atoms with Gasteiger partial charge in [-0.3, -0.25) is 4.68 Å². The first-order chi connectivity index (χ1) is 17.6. The van der Waals surface area contributed by atoms with Crippen molar-refractivity contribution in [3.8, 4) is 11.8 Å². The maximum atomic E-state index is 10.0. The number of nitrogen functional groups attached to an aromatic ring is 1. The maximum absolute atomic E-state index is 10.0. The van der Waals surface area contributed by atoms with E-state index in [1.54, 1.807) is 12.4 Å². The summed E-state index contributed by atoms with van der Waals surface area (Å²) in [5.41, 5.74) is 18.2. The number of nitrogens with zero attached hydrogens (tertiary/aromatic N) is 5. The molecule has 182 valence electrons. The van der Waals surface area contributed by atoms with Crippen LogP contribution in [0.3, 0.4) is 0 Å². The zero-order valence-electron chi connectivity index (χ0n) is 20.1. The fourth-order valence-corrected chi connectivity index (χ4v) is 5.78. The van der Waals surface area contributed by atoms with E-state index >= 15 is 0 Å². The van der Waals surface area contributed by atoms with Gasteiger partial charge in [0.15, 0.2) is 5.82 Å². The van der Waals surface area contributed by atoms with Crippen LogP contribution in [-0.4, -0.2) is 37.9 Å². The summed E-state index contributed by atoms with van der Waals surface area (Å²) < 4.78 is 1.81. The molecule has 1 spiro atoms. The Morgan fingerprint density at radius 2 is 1.92 bits per heavy atom. The Morgan fingerprint density at radius 1 is 1.08 bits per heavy atom. The third-order valence-corrected chi connectivity index (χ3v) is 7.79. The van der Waals surface area contributed by atoms with E-state index in [1.165, 1.54) is 11.1 Å². The molecule has 1 aliphatic carbocycles. The quantitative estimate of drug-likeness (QED) is 0.305. The number of fused-ring (bicyclic) bond motifs is 2. The van der Waals surface area contributed by atoms with Gasteiger partial charge in [-0.1, -0.05) is 36.3 Å². The van der Waals surface area contributed by atoms with Gasteiger partial charge in [-0.05, 0) is 53.9 Å². The lowest BCUT2D eigenvalue weighted by Gasteiger charge is -2.42. The highest BCUT2D eigenvalue weighted by Crippen LogP contribution is 2.51. The largest absolute Gasteiger partial charge is 0.398 e. The van der Waals surface area contributed by atoms with Crippen LogP contribution in [0.15, 0.2) is 54.9 Å². The van der Waals surface area contributed by atoms with Gasteiger partial charge in [0.1, 0.15) is 17.9 Å². The van der Waals surface area contributed by atoms with Crippen LogP contribution in [0.5, 0.6) is 0 Å². The molecule has 0 saturated carbocycles. The smallest absolute Gasteiger partial charge is 0.152 e. The number of aliphatic hydroxyl groups is 1. The Balaban J connectivity index is 1.16. The minimum atomic E-state index is -0.187. The number of aromatic nitrogens is 4. The van der Waals surface area contributed by atoms with Gasteiger partial charge < -0.3 is 21.5 Å². The van der Waals surface area contributed by atoms with E-state index < -0.39 is 0 Å². The molecule has 3 heterocycles. The van der Waals surface area contributed by atoms with Crippen molar-refractivity contribution in [2.24, 2.45) is 11.1 Å². The van der Waals surface area contributed by atoms with Crippen LogP contribution in [-0.2, 0) is 19.6 Å². The molecule has 36 heavy (non-hydrogen) atoms. The van der Waals surface area contributed by atoms with Crippen molar-refractivity contribution in [1.82, 2.24) is 19.7 Å². The molecule has 2 aromatic heterocycles. The Kier molecular flexibility index (Phi) is 5.59. The fourth-order valence-electron chi connectivity index (χ4n) is 5.78. The average molecular weight is 480 g/mol. The van der Waals surface area contributed by atoms with E-state index in [0.29, 0.717) is 23.6 Å². The third kappa shape index (κ3) is 3.77. The predicted octanol–water partition coefficient (Wildman–Crippen LogP) is 2.80. The molecule has 8 nitrogen and oxygen atoms in total. The molecule has 2 aliphatic rings. The number of rotatable bonds is 3. The summed E-state index contributed by atoms with van der Waals surface area (Å²) in [6, 6.07) is 14.3. The summed E-state index contributed by atoms with van der Waals surface area (Å²) in [5.74, 6) is 6.90. The van der Waals surface area contributed by atoms with Crippen molar-refractivity contribution in [2.45, 2.75) is 38.5 Å². The van der Waals surface area contributed by atoms with Crippen LogP contribution >= 0.6 is 0 Å². The van der Waals surface area contributed by atoms with Gasteiger partial charge in [-0.15, -0.1) is 0 Å². The van der Waals surface area contributed by atoms with Crippen LogP contribution < -0.4 is 16.4 Å². The molecule has 2 aromatic carbocycles. The molecule has 1 aliphatic heterocycles. The molecule has 5 N–H and O–H groups in total. The van der Waals surface area contributed by atoms with Crippen LogP contribution in [0.4, 0.5) is 11.5 Å². The molecular formula is C28H29N7O. The molecule has 0 bridgehead atoms. The van der Waals surface area contributed by atoms with Gasteiger partial charge >= 0.3 is 0 Å². The van der Waals surface area contributed by atoms with E-state index in [4.69, 9.17) is 11.5 Å². The van der Waals surface area contributed by atoms with Gasteiger partial charge in [-0.25, -0.2) is 9.97 Å². The molecule has 0 unspecified atom stereocenters. The number of hydrogen-bond donors (Lipinski definition) is 3. The Hall–Kier alpha value is -3.93. The molecule has 1 fully saturated rings. The zero-order chi connectivity index (χ0) is 24.7. The number of nitrogens with two attached hydrogens (primary N) is 2. The highest BCUT2D eigenvalue weighted by atomic mass is 16.3. The summed E-state index contributed by atoms with van der Waals surface area (Å²) >= 11 is 0. The van der Waals surface area contributed by atoms with Gasteiger partial charge in [0, 0.05) is 30.2 Å². The second-order valence-electron chi connectivity index (χ2n) is 9.77. The minimum Gasteiger partial charge on any atom is -0.398 e. The Bertz CT molecular complexity index is 1490. The number of anilines is 2. The summed E-state index contributed by atoms with van der Waals surface area (Å²) in [7, 11) is 0. The fraction of sp³-hybridized carbons (Fsp3) is 0.321. The molecular weight excluding hydrogens is 450 g/mol. The van der Waals surface area contributed by atoms with E-state index in [2.05, 4.69) is 56.1 Å². The van der Waals surface area contributed by atoms with E-state index in [0.717, 1.165) is 49.1 Å². The molecule has 0 amide bonds. The lowest BCUT2D eigenvalue weighted by Crippen LogP contribution is -2.45. The van der Waals surface area contributed by atoms with Crippen molar-refractivity contribution in [2.75, 3.05) is 23.7 Å². The highest BCUT2D eigenvalue weighted by Gasteiger charge is 2.46. The zero-order valence-corrected chi connectivity index (χ0v) is 20.1. The lowest BCUT2D eigenvalue weighted by molar-refractivity contribution is 0.186.